The molecule has 0 aromatic rings. The molecule has 8 heteroatoms. The standard InChI is InChI=1S/C12H14FNO6/c1-2-3-20-11(19)14-12(10(17)18)6(13)4-5-7(8(5)12)9(15)16/h2,5-8H,1,3-4H2,(H,14,19)(H,15,16)(H,17,18)/t5?,6-,7-,8-,12-/m0/s1. The molecule has 0 bridgehead atoms. The van der Waals surface area contributed by atoms with Gasteiger partial charge in [-0.3, -0.25) is 4.79 Å². The minimum atomic E-state index is -2.23. The van der Waals surface area contributed by atoms with Crippen molar-refractivity contribution in [2.75, 3.05) is 6.61 Å². The van der Waals surface area contributed by atoms with Crippen LogP contribution in [0.4, 0.5) is 9.18 Å². The Morgan fingerprint density at radius 1 is 1.45 bits per heavy atom. The first-order chi connectivity index (χ1) is 9.36. The topological polar surface area (TPSA) is 113 Å². The van der Waals surface area contributed by atoms with E-state index in [-0.39, 0.29) is 13.0 Å². The molecule has 2 fully saturated rings. The van der Waals surface area contributed by atoms with Gasteiger partial charge in [0.1, 0.15) is 12.8 Å². The molecular weight excluding hydrogens is 273 g/mol. The van der Waals surface area contributed by atoms with Crippen LogP contribution in [0.3, 0.4) is 0 Å². The predicted molar refractivity (Wildman–Crippen MR) is 62.7 cm³/mol. The number of fused-ring (bicyclic) bond motifs is 1. The zero-order valence-corrected chi connectivity index (χ0v) is 10.4. The van der Waals surface area contributed by atoms with Gasteiger partial charge < -0.3 is 20.3 Å². The maximum absolute atomic E-state index is 14.0. The Balaban J connectivity index is 2.21. The fraction of sp³-hybridized carbons (Fsp3) is 0.583. The lowest BCUT2D eigenvalue weighted by Gasteiger charge is -2.30. The second-order valence-corrected chi connectivity index (χ2v) is 4.94. The number of alkyl carbamates (subject to hydrolysis) is 1. The molecule has 0 saturated heterocycles. The summed E-state index contributed by atoms with van der Waals surface area (Å²) >= 11 is 0. The Hall–Kier alpha value is -2.12. The summed E-state index contributed by atoms with van der Waals surface area (Å²) in [6.07, 6.45) is -1.88. The molecule has 5 atom stereocenters. The van der Waals surface area contributed by atoms with Crippen LogP contribution < -0.4 is 5.32 Å². The van der Waals surface area contributed by atoms with Gasteiger partial charge in [0.25, 0.3) is 0 Å². The zero-order chi connectivity index (χ0) is 15.1. The number of hydrogen-bond acceptors (Lipinski definition) is 4. The maximum Gasteiger partial charge on any atom is 0.408 e. The first kappa shape index (κ1) is 14.3. The van der Waals surface area contributed by atoms with Crippen LogP contribution in [0.1, 0.15) is 6.42 Å². The van der Waals surface area contributed by atoms with Crippen molar-refractivity contribution in [3.63, 3.8) is 0 Å². The number of halogens is 1. The molecule has 0 aromatic carbocycles. The van der Waals surface area contributed by atoms with Crippen LogP contribution >= 0.6 is 0 Å². The van der Waals surface area contributed by atoms with Crippen LogP contribution in [-0.2, 0) is 14.3 Å². The van der Waals surface area contributed by atoms with Crippen LogP contribution in [0.5, 0.6) is 0 Å². The highest BCUT2D eigenvalue weighted by atomic mass is 19.1. The van der Waals surface area contributed by atoms with Crippen LogP contribution in [0.25, 0.3) is 0 Å². The largest absolute Gasteiger partial charge is 0.481 e. The van der Waals surface area contributed by atoms with E-state index < -0.39 is 47.5 Å². The quantitative estimate of drug-likeness (QED) is 0.631. The minimum Gasteiger partial charge on any atom is -0.481 e. The molecule has 2 aliphatic carbocycles. The summed E-state index contributed by atoms with van der Waals surface area (Å²) in [7, 11) is 0. The van der Waals surface area contributed by atoms with Gasteiger partial charge in [-0.25, -0.2) is 14.0 Å². The van der Waals surface area contributed by atoms with Crippen molar-refractivity contribution >= 4 is 18.0 Å². The third-order valence-corrected chi connectivity index (χ3v) is 3.95. The second-order valence-electron chi connectivity index (χ2n) is 4.94. The fourth-order valence-corrected chi connectivity index (χ4v) is 3.09. The number of carbonyl (C=O) groups excluding carboxylic acids is 1. The number of hydrogen-bond donors (Lipinski definition) is 3. The van der Waals surface area contributed by atoms with Gasteiger partial charge in [0.15, 0.2) is 5.54 Å². The Kier molecular flexibility index (Phi) is 3.41. The number of carboxylic acid groups (broad SMARTS) is 2. The molecule has 1 amide bonds. The summed E-state index contributed by atoms with van der Waals surface area (Å²) in [6, 6.07) is 0. The lowest BCUT2D eigenvalue weighted by atomic mass is 9.89. The normalized spacial score (nSPS) is 37.6. The molecule has 1 unspecified atom stereocenters. The van der Waals surface area contributed by atoms with Crippen molar-refractivity contribution in [2.24, 2.45) is 17.8 Å². The van der Waals surface area contributed by atoms with Gasteiger partial charge in [-0.05, 0) is 12.3 Å². The van der Waals surface area contributed by atoms with Crippen LogP contribution in [0.2, 0.25) is 0 Å². The van der Waals surface area contributed by atoms with Crippen LogP contribution in [0.15, 0.2) is 12.7 Å². The van der Waals surface area contributed by atoms with Gasteiger partial charge in [-0.15, -0.1) is 0 Å². The summed E-state index contributed by atoms with van der Waals surface area (Å²) in [5.74, 6) is -5.24. The Morgan fingerprint density at radius 2 is 2.10 bits per heavy atom. The van der Waals surface area contributed by atoms with E-state index in [1.165, 1.54) is 6.08 Å². The summed E-state index contributed by atoms with van der Waals surface area (Å²) in [6.45, 7) is 3.16. The van der Waals surface area contributed by atoms with Gasteiger partial charge in [-0.2, -0.15) is 0 Å². The summed E-state index contributed by atoms with van der Waals surface area (Å²) in [5, 5.41) is 20.2. The Labute approximate surface area is 113 Å². The highest BCUT2D eigenvalue weighted by Gasteiger charge is 2.76. The maximum atomic E-state index is 14.0. The van der Waals surface area contributed by atoms with Crippen molar-refractivity contribution in [3.05, 3.63) is 12.7 Å². The molecule has 0 heterocycles. The van der Waals surface area contributed by atoms with Gasteiger partial charge in [0, 0.05) is 5.92 Å². The van der Waals surface area contributed by atoms with Crippen molar-refractivity contribution in [3.8, 4) is 0 Å². The monoisotopic (exact) mass is 287 g/mol. The molecule has 20 heavy (non-hydrogen) atoms. The van der Waals surface area contributed by atoms with Crippen molar-refractivity contribution < 1.29 is 33.7 Å². The third kappa shape index (κ3) is 1.91. The molecule has 0 radical (unpaired) electrons. The molecule has 0 aromatic heterocycles. The van der Waals surface area contributed by atoms with Gasteiger partial charge >= 0.3 is 18.0 Å². The number of aliphatic carboxylic acids is 2. The predicted octanol–water partition coefficient (Wildman–Crippen LogP) is 0.411. The smallest absolute Gasteiger partial charge is 0.408 e. The Morgan fingerprint density at radius 3 is 2.60 bits per heavy atom. The minimum absolute atomic E-state index is 0.158. The highest BCUT2D eigenvalue weighted by Crippen LogP contribution is 2.63. The molecule has 7 nitrogen and oxygen atoms in total. The number of carbonyl (C=O) groups is 3. The lowest BCUT2D eigenvalue weighted by molar-refractivity contribution is -0.149. The van der Waals surface area contributed by atoms with E-state index in [0.717, 1.165) is 0 Å². The van der Waals surface area contributed by atoms with E-state index >= 15 is 0 Å². The molecule has 0 aliphatic heterocycles. The van der Waals surface area contributed by atoms with E-state index in [2.05, 4.69) is 11.3 Å². The molecule has 2 rings (SSSR count). The summed E-state index contributed by atoms with van der Waals surface area (Å²) in [5.41, 5.74) is -2.23. The van der Waals surface area contributed by atoms with E-state index in [0.29, 0.717) is 0 Å². The van der Waals surface area contributed by atoms with E-state index in [1.807, 2.05) is 5.32 Å². The first-order valence-electron chi connectivity index (χ1n) is 6.02. The van der Waals surface area contributed by atoms with Crippen molar-refractivity contribution in [1.29, 1.82) is 0 Å². The number of amides is 1. The summed E-state index contributed by atoms with van der Waals surface area (Å²) in [4.78, 5) is 33.9. The average Bonchev–Trinajstić information content (AvgIpc) is 3.00. The number of ether oxygens (including phenoxy) is 1. The average molecular weight is 287 g/mol. The SMILES string of the molecule is C=CCOC(=O)N[C@@]1(C(=O)O)[C@@H](F)CC2[C@H](C(=O)O)[C@H]21. The van der Waals surface area contributed by atoms with Gasteiger partial charge in [0.05, 0.1) is 5.92 Å². The van der Waals surface area contributed by atoms with Crippen molar-refractivity contribution in [2.45, 2.75) is 18.1 Å². The first-order valence-corrected chi connectivity index (χ1v) is 6.02. The molecule has 0 spiro atoms. The van der Waals surface area contributed by atoms with Crippen molar-refractivity contribution in [1.82, 2.24) is 5.32 Å². The number of nitrogens with one attached hydrogen (secondary N) is 1. The lowest BCUT2D eigenvalue weighted by Crippen LogP contribution is -2.61. The highest BCUT2D eigenvalue weighted by molar-refractivity contribution is 5.89. The number of alkyl halides is 1. The van der Waals surface area contributed by atoms with Crippen LogP contribution in [-0.4, -0.2) is 46.6 Å². The second kappa shape index (κ2) is 4.77. The van der Waals surface area contributed by atoms with E-state index in [1.54, 1.807) is 0 Å². The van der Waals surface area contributed by atoms with Gasteiger partial charge in [-0.1, -0.05) is 12.7 Å². The number of rotatable bonds is 5. The molecule has 110 valence electrons. The fourth-order valence-electron chi connectivity index (χ4n) is 3.09. The molecule has 2 aliphatic rings. The van der Waals surface area contributed by atoms with E-state index in [9.17, 15) is 23.9 Å². The summed E-state index contributed by atoms with van der Waals surface area (Å²) < 4.78 is 18.6. The van der Waals surface area contributed by atoms with Crippen LogP contribution in [0, 0.1) is 17.8 Å². The van der Waals surface area contributed by atoms with Gasteiger partial charge in [0.2, 0.25) is 0 Å². The molecule has 3 N–H and O–H groups in total. The van der Waals surface area contributed by atoms with E-state index in [4.69, 9.17) is 5.11 Å². The third-order valence-electron chi connectivity index (χ3n) is 3.95. The number of carboxylic acids is 2. The molecule has 2 saturated carbocycles. The molecular formula is C12H14FNO6. The Bertz CT molecular complexity index is 481. The zero-order valence-electron chi connectivity index (χ0n) is 10.4.